The SMILES string of the molecule is C#Cc1c(F)ccc2cc(O)cc(-c3nc(OC)c4c(N5CC(CO)OCC(C)(O)C5)nc(OCC56CCCC5N(CC5CCOCC5)CCC6)nc4c3F)c12. The van der Waals surface area contributed by atoms with Gasteiger partial charge in [-0.3, -0.25) is 4.90 Å². The minimum Gasteiger partial charge on any atom is -0.508 e. The number of terminal acetylenes is 1. The third-order valence-electron chi connectivity index (χ3n) is 12.2. The smallest absolute Gasteiger partial charge is 0.319 e. The summed E-state index contributed by atoms with van der Waals surface area (Å²) in [5, 5.41) is 32.9. The topological polar surface area (TPSA) is 143 Å². The summed E-state index contributed by atoms with van der Waals surface area (Å²) in [5.74, 6) is 1.28. The number of ether oxygens (including phenoxy) is 4. The lowest BCUT2D eigenvalue weighted by atomic mass is 9.75. The predicted molar refractivity (Wildman–Crippen MR) is 206 cm³/mol. The Labute approximate surface area is 324 Å². The Hall–Kier alpha value is -4.39. The van der Waals surface area contributed by atoms with Crippen molar-refractivity contribution in [2.45, 2.75) is 69.6 Å². The van der Waals surface area contributed by atoms with Gasteiger partial charge in [-0.05, 0) is 81.5 Å². The van der Waals surface area contributed by atoms with Crippen molar-refractivity contribution in [3.05, 3.63) is 41.5 Å². The number of halogens is 2. The van der Waals surface area contributed by atoms with Gasteiger partial charge in [0.2, 0.25) is 5.88 Å². The number of fused-ring (bicyclic) bond motifs is 3. The predicted octanol–water partition coefficient (Wildman–Crippen LogP) is 5.21. The third kappa shape index (κ3) is 7.20. The Bertz CT molecular complexity index is 2160. The van der Waals surface area contributed by atoms with E-state index in [1.807, 2.05) is 0 Å². The number of rotatable bonds is 9. The number of aliphatic hydroxyl groups excluding tert-OH is 1. The van der Waals surface area contributed by atoms with Crippen LogP contribution >= 0.6 is 0 Å². The van der Waals surface area contributed by atoms with E-state index < -0.39 is 23.3 Å². The van der Waals surface area contributed by atoms with Crippen molar-refractivity contribution < 1.29 is 43.0 Å². The fraction of sp³-hybridized carbons (Fsp3) is 0.548. The molecule has 2 aromatic heterocycles. The van der Waals surface area contributed by atoms with E-state index in [0.717, 1.165) is 71.2 Å². The Balaban J connectivity index is 1.26. The van der Waals surface area contributed by atoms with Crippen molar-refractivity contribution in [3.63, 3.8) is 0 Å². The largest absolute Gasteiger partial charge is 0.508 e. The first-order chi connectivity index (χ1) is 27.0. The van der Waals surface area contributed by atoms with Crippen LogP contribution in [-0.2, 0) is 9.47 Å². The second-order valence-corrected chi connectivity index (χ2v) is 16.2. The van der Waals surface area contributed by atoms with Crippen LogP contribution in [0.3, 0.4) is 0 Å². The number of pyridine rings is 1. The molecule has 4 aromatic rings. The highest BCUT2D eigenvalue weighted by atomic mass is 19.1. The average molecular weight is 774 g/mol. The highest BCUT2D eigenvalue weighted by Crippen LogP contribution is 2.49. The maximum atomic E-state index is 17.4. The molecule has 14 heteroatoms. The number of phenolic OH excluding ortho intramolecular Hbond substituents is 1. The van der Waals surface area contributed by atoms with E-state index in [4.69, 9.17) is 35.3 Å². The molecule has 0 spiro atoms. The molecule has 4 atom stereocenters. The van der Waals surface area contributed by atoms with Crippen LogP contribution < -0.4 is 14.4 Å². The molecule has 0 amide bonds. The molecule has 12 nitrogen and oxygen atoms in total. The van der Waals surface area contributed by atoms with Crippen LogP contribution in [0.2, 0.25) is 0 Å². The second kappa shape index (κ2) is 15.5. The minimum absolute atomic E-state index is 0.0107. The summed E-state index contributed by atoms with van der Waals surface area (Å²) in [6.07, 6.45) is 12.4. The standard InChI is InChI=1S/C42H49F2N5O7/c1-4-29-31(43)9-8-26-17-27(51)18-30(33(26)29)36-35(44)37-34(39(45-36)53-3)38(49-20-28(21-50)55-23-41(2,52)22-49)47-40(46-37)56-24-42-12-5-7-32(42)48(14-6-13-42)19-25-10-15-54-16-11-25/h1,8-9,17-18,25,28,32,50-52H,5-7,10-16,19-24H2,2-3H3. The lowest BCUT2D eigenvalue weighted by Gasteiger charge is -2.47. The molecule has 3 N–H and O–H groups in total. The van der Waals surface area contributed by atoms with Gasteiger partial charge in [0.15, 0.2) is 5.82 Å². The molecule has 4 unspecified atom stereocenters. The van der Waals surface area contributed by atoms with E-state index in [1.165, 1.54) is 31.4 Å². The molecule has 3 aliphatic heterocycles. The summed E-state index contributed by atoms with van der Waals surface area (Å²) >= 11 is 0. The van der Waals surface area contributed by atoms with E-state index in [9.17, 15) is 15.3 Å². The number of anilines is 1. The van der Waals surface area contributed by atoms with Gasteiger partial charge in [0.25, 0.3) is 0 Å². The van der Waals surface area contributed by atoms with Gasteiger partial charge >= 0.3 is 6.01 Å². The summed E-state index contributed by atoms with van der Waals surface area (Å²) in [5.41, 5.74) is -2.06. The van der Waals surface area contributed by atoms with Gasteiger partial charge in [0.05, 0.1) is 45.1 Å². The van der Waals surface area contributed by atoms with E-state index in [1.54, 1.807) is 11.8 Å². The third-order valence-corrected chi connectivity index (χ3v) is 12.2. The fourth-order valence-electron chi connectivity index (χ4n) is 9.56. The van der Waals surface area contributed by atoms with Gasteiger partial charge in [0.1, 0.15) is 39.6 Å². The van der Waals surface area contributed by atoms with Crippen molar-refractivity contribution in [2.24, 2.45) is 11.3 Å². The zero-order chi connectivity index (χ0) is 39.2. The number of β-amino-alcohol motifs (C(OH)–C–C–N with tert-alkyl or cyclic N) is 1. The summed E-state index contributed by atoms with van der Waals surface area (Å²) < 4.78 is 56.4. The molecule has 4 fully saturated rings. The number of aromatic hydroxyl groups is 1. The summed E-state index contributed by atoms with van der Waals surface area (Å²) in [7, 11) is 1.37. The number of aliphatic hydroxyl groups is 2. The van der Waals surface area contributed by atoms with Gasteiger partial charge in [-0.15, -0.1) is 6.42 Å². The first-order valence-electron chi connectivity index (χ1n) is 19.5. The average Bonchev–Trinajstić information content (AvgIpc) is 3.56. The Morgan fingerprint density at radius 3 is 2.64 bits per heavy atom. The Morgan fingerprint density at radius 2 is 1.88 bits per heavy atom. The molecule has 3 saturated heterocycles. The summed E-state index contributed by atoms with van der Waals surface area (Å²) in [6, 6.07) is 5.60. The van der Waals surface area contributed by atoms with Crippen LogP contribution in [0.15, 0.2) is 24.3 Å². The molecular formula is C42H49F2N5O7. The number of aromatic nitrogens is 3. The van der Waals surface area contributed by atoms with Crippen molar-refractivity contribution in [1.82, 2.24) is 19.9 Å². The number of benzene rings is 2. The first kappa shape index (κ1) is 38.5. The monoisotopic (exact) mass is 773 g/mol. The fourth-order valence-corrected chi connectivity index (χ4v) is 9.56. The quantitative estimate of drug-likeness (QED) is 0.192. The molecular weight excluding hydrogens is 724 g/mol. The second-order valence-electron chi connectivity index (χ2n) is 16.2. The normalized spacial score (nSPS) is 26.3. The van der Waals surface area contributed by atoms with Gasteiger partial charge < -0.3 is 39.2 Å². The van der Waals surface area contributed by atoms with E-state index >= 15 is 8.78 Å². The number of phenols is 1. The molecule has 0 radical (unpaired) electrons. The minimum atomic E-state index is -1.37. The number of likely N-dealkylation sites (tertiary alicyclic amines) is 1. The molecule has 298 valence electrons. The molecule has 2 aromatic carbocycles. The molecule has 1 saturated carbocycles. The van der Waals surface area contributed by atoms with Crippen molar-refractivity contribution in [2.75, 3.05) is 71.2 Å². The highest BCUT2D eigenvalue weighted by molar-refractivity contribution is 6.04. The van der Waals surface area contributed by atoms with E-state index in [2.05, 4.69) is 15.8 Å². The van der Waals surface area contributed by atoms with Crippen LogP contribution in [0.4, 0.5) is 14.6 Å². The van der Waals surface area contributed by atoms with Crippen LogP contribution in [0.1, 0.15) is 57.4 Å². The molecule has 5 heterocycles. The number of methoxy groups -OCH3 is 1. The molecule has 1 aliphatic carbocycles. The van der Waals surface area contributed by atoms with Crippen LogP contribution in [0, 0.1) is 35.3 Å². The maximum Gasteiger partial charge on any atom is 0.319 e. The Morgan fingerprint density at radius 1 is 1.07 bits per heavy atom. The van der Waals surface area contributed by atoms with Crippen LogP contribution in [-0.4, -0.2) is 119 Å². The molecule has 0 bridgehead atoms. The number of hydrogen-bond acceptors (Lipinski definition) is 12. The highest BCUT2D eigenvalue weighted by Gasteiger charge is 2.49. The van der Waals surface area contributed by atoms with Gasteiger partial charge in [-0.25, -0.2) is 13.8 Å². The van der Waals surface area contributed by atoms with Crippen LogP contribution in [0.5, 0.6) is 17.6 Å². The lowest BCUT2D eigenvalue weighted by Crippen LogP contribution is -2.53. The van der Waals surface area contributed by atoms with E-state index in [0.29, 0.717) is 24.0 Å². The zero-order valence-corrected chi connectivity index (χ0v) is 31.9. The number of hydrogen-bond donors (Lipinski definition) is 3. The molecule has 4 aliphatic rings. The van der Waals surface area contributed by atoms with Gasteiger partial charge in [0, 0.05) is 48.7 Å². The van der Waals surface area contributed by atoms with Crippen molar-refractivity contribution in [1.29, 1.82) is 0 Å². The number of piperidine rings is 1. The summed E-state index contributed by atoms with van der Waals surface area (Å²) in [6.45, 7) is 5.34. The Kier molecular flexibility index (Phi) is 10.7. The summed E-state index contributed by atoms with van der Waals surface area (Å²) in [4.78, 5) is 18.5. The van der Waals surface area contributed by atoms with E-state index in [-0.39, 0.29) is 88.3 Å². The van der Waals surface area contributed by atoms with Crippen LogP contribution in [0.25, 0.3) is 32.9 Å². The molecule has 8 rings (SSSR count). The lowest BCUT2D eigenvalue weighted by molar-refractivity contribution is -0.0528. The first-order valence-corrected chi connectivity index (χ1v) is 19.5. The van der Waals surface area contributed by atoms with Crippen molar-refractivity contribution in [3.8, 4) is 41.2 Å². The number of nitrogens with zero attached hydrogens (tertiary/aromatic N) is 5. The van der Waals surface area contributed by atoms with Gasteiger partial charge in [-0.2, -0.15) is 9.97 Å². The zero-order valence-electron chi connectivity index (χ0n) is 31.9. The maximum absolute atomic E-state index is 17.4. The molecule has 56 heavy (non-hydrogen) atoms. The van der Waals surface area contributed by atoms with Crippen molar-refractivity contribution >= 4 is 27.5 Å². The van der Waals surface area contributed by atoms with Gasteiger partial charge in [-0.1, -0.05) is 18.4 Å².